The second-order valence-corrected chi connectivity index (χ2v) is 10.7. The summed E-state index contributed by atoms with van der Waals surface area (Å²) >= 11 is 0. The van der Waals surface area contributed by atoms with Crippen molar-refractivity contribution >= 4 is 12.1 Å². The lowest BCUT2D eigenvalue weighted by molar-refractivity contribution is -0.150. The van der Waals surface area contributed by atoms with E-state index in [1.54, 1.807) is 0 Å². The van der Waals surface area contributed by atoms with E-state index >= 15 is 0 Å². The number of carbonyl (C=O) groups is 2. The summed E-state index contributed by atoms with van der Waals surface area (Å²) in [6, 6.07) is 0. The first-order valence-electron chi connectivity index (χ1n) is 16.7. The molecule has 0 aliphatic rings. The maximum absolute atomic E-state index is 12.2. The lowest BCUT2D eigenvalue weighted by atomic mass is 10.2. The second kappa shape index (κ2) is 30.6. The Labute approximate surface area is 257 Å². The van der Waals surface area contributed by atoms with E-state index in [-0.39, 0.29) is 31.4 Å². The van der Waals surface area contributed by atoms with Gasteiger partial charge in [-0.1, -0.05) is 58.9 Å². The molecule has 8 heteroatoms. The van der Waals surface area contributed by atoms with Gasteiger partial charge in [-0.25, -0.2) is 4.79 Å². The van der Waals surface area contributed by atoms with E-state index in [0.717, 1.165) is 96.7 Å². The lowest BCUT2D eigenvalue weighted by Crippen LogP contribution is -2.25. The Kier molecular flexibility index (Phi) is 29.2. The van der Waals surface area contributed by atoms with Crippen molar-refractivity contribution in [2.45, 2.75) is 124 Å². The predicted octanol–water partition coefficient (Wildman–Crippen LogP) is 8.24. The van der Waals surface area contributed by atoms with Gasteiger partial charge in [0.2, 0.25) is 0 Å². The molecule has 0 saturated heterocycles. The van der Waals surface area contributed by atoms with Crippen LogP contribution >= 0.6 is 0 Å². The van der Waals surface area contributed by atoms with E-state index in [1.807, 2.05) is 6.92 Å². The molecule has 8 nitrogen and oxygen atoms in total. The van der Waals surface area contributed by atoms with Gasteiger partial charge in [0.15, 0.2) is 6.29 Å². The van der Waals surface area contributed by atoms with Gasteiger partial charge in [0.05, 0.1) is 13.2 Å². The Bertz CT molecular complexity index is 655. The van der Waals surface area contributed by atoms with Crippen molar-refractivity contribution in [2.24, 2.45) is 5.92 Å². The molecule has 0 aromatic rings. The van der Waals surface area contributed by atoms with E-state index in [2.05, 4.69) is 56.9 Å². The van der Waals surface area contributed by atoms with Gasteiger partial charge in [0, 0.05) is 32.1 Å². The third-order valence-corrected chi connectivity index (χ3v) is 6.76. The fraction of sp³-hybridized carbons (Fsp3) is 0.824. The molecule has 0 aromatic heterocycles. The minimum Gasteiger partial charge on any atom is -0.465 e. The molecule has 1 unspecified atom stereocenters. The minimum atomic E-state index is -0.673. The molecule has 1 atom stereocenters. The van der Waals surface area contributed by atoms with Gasteiger partial charge in [-0.05, 0) is 90.1 Å². The maximum Gasteiger partial charge on any atom is 0.508 e. The molecular formula is C34H63NO7. The highest BCUT2D eigenvalue weighted by Gasteiger charge is 2.13. The van der Waals surface area contributed by atoms with Gasteiger partial charge in [0.1, 0.15) is 6.61 Å². The molecule has 0 rings (SSSR count). The van der Waals surface area contributed by atoms with Crippen molar-refractivity contribution in [3.63, 3.8) is 0 Å². The largest absolute Gasteiger partial charge is 0.508 e. The van der Waals surface area contributed by atoms with Crippen molar-refractivity contribution in [1.82, 2.24) is 4.90 Å². The van der Waals surface area contributed by atoms with Crippen LogP contribution in [0.15, 0.2) is 24.3 Å². The predicted molar refractivity (Wildman–Crippen MR) is 171 cm³/mol. The average molecular weight is 598 g/mol. The number of nitrogens with zero attached hydrogens (tertiary/aromatic N) is 1. The van der Waals surface area contributed by atoms with Gasteiger partial charge in [0.25, 0.3) is 0 Å². The van der Waals surface area contributed by atoms with Crippen LogP contribution in [0.5, 0.6) is 0 Å². The van der Waals surface area contributed by atoms with Crippen molar-refractivity contribution in [2.75, 3.05) is 52.7 Å². The zero-order valence-electron chi connectivity index (χ0n) is 27.6. The van der Waals surface area contributed by atoms with Gasteiger partial charge >= 0.3 is 12.1 Å². The molecule has 0 spiro atoms. The van der Waals surface area contributed by atoms with Crippen LogP contribution in [-0.2, 0) is 28.5 Å². The van der Waals surface area contributed by atoms with Crippen LogP contribution in [0.2, 0.25) is 0 Å². The first-order valence-corrected chi connectivity index (χ1v) is 16.7. The Morgan fingerprint density at radius 3 is 1.83 bits per heavy atom. The molecule has 0 radical (unpaired) electrons. The number of ether oxygens (including phenoxy) is 5. The van der Waals surface area contributed by atoms with Crippen LogP contribution < -0.4 is 0 Å². The van der Waals surface area contributed by atoms with Gasteiger partial charge in [-0.3, -0.25) is 4.79 Å². The van der Waals surface area contributed by atoms with Crippen LogP contribution in [0, 0.1) is 5.92 Å². The molecule has 0 aromatic carbocycles. The molecule has 0 saturated carbocycles. The molecule has 0 amide bonds. The maximum atomic E-state index is 12.2. The smallest absolute Gasteiger partial charge is 0.465 e. The highest BCUT2D eigenvalue weighted by molar-refractivity contribution is 5.69. The summed E-state index contributed by atoms with van der Waals surface area (Å²) in [5.41, 5.74) is 0. The van der Waals surface area contributed by atoms with Crippen molar-refractivity contribution in [1.29, 1.82) is 0 Å². The zero-order chi connectivity index (χ0) is 31.1. The first kappa shape index (κ1) is 40.1. The number of unbranched alkanes of at least 4 members (excludes halogenated alkanes) is 5. The fourth-order valence-electron chi connectivity index (χ4n) is 4.11. The molecule has 0 aliphatic carbocycles. The summed E-state index contributed by atoms with van der Waals surface area (Å²) in [5.74, 6) is -0.335. The van der Waals surface area contributed by atoms with Crippen molar-refractivity contribution < 1.29 is 33.3 Å². The summed E-state index contributed by atoms with van der Waals surface area (Å²) in [6.07, 6.45) is 20.0. The van der Waals surface area contributed by atoms with Crippen LogP contribution in [-0.4, -0.2) is 76.0 Å². The highest BCUT2D eigenvalue weighted by Crippen LogP contribution is 2.12. The standard InChI is InChI=1S/C34H63NO7/c1-6-10-12-14-16-20-26-38-33(39-27-21-17-15-13-11-7-2)24-19-18-23-32(36)41-29-31(5)30-42-34(37)40-28-22-25-35(8-3)9-4/h10-13,31,33H,6-9,14-30H2,1-5H3/b12-10-,13-11-. The summed E-state index contributed by atoms with van der Waals surface area (Å²) < 4.78 is 27.7. The van der Waals surface area contributed by atoms with Crippen LogP contribution in [0.3, 0.4) is 0 Å². The molecule has 246 valence electrons. The second-order valence-electron chi connectivity index (χ2n) is 10.7. The van der Waals surface area contributed by atoms with Crippen molar-refractivity contribution in [3.8, 4) is 0 Å². The Hall–Kier alpha value is -1.90. The first-order chi connectivity index (χ1) is 20.5. The van der Waals surface area contributed by atoms with Gasteiger partial charge in [-0.15, -0.1) is 0 Å². The molecule has 42 heavy (non-hydrogen) atoms. The third kappa shape index (κ3) is 27.0. The number of rotatable bonds is 29. The van der Waals surface area contributed by atoms with Crippen LogP contribution in [0.1, 0.15) is 118 Å². The number of esters is 1. The average Bonchev–Trinajstić information content (AvgIpc) is 2.99. The molecule has 0 fully saturated rings. The number of hydrogen-bond acceptors (Lipinski definition) is 8. The molecule has 0 heterocycles. The quantitative estimate of drug-likeness (QED) is 0.0369. The van der Waals surface area contributed by atoms with Crippen LogP contribution in [0.4, 0.5) is 4.79 Å². The normalized spacial score (nSPS) is 12.5. The van der Waals surface area contributed by atoms with Crippen LogP contribution in [0.25, 0.3) is 0 Å². The minimum absolute atomic E-state index is 0.0988. The Morgan fingerprint density at radius 2 is 1.26 bits per heavy atom. The fourth-order valence-corrected chi connectivity index (χ4v) is 4.11. The topological polar surface area (TPSA) is 83.5 Å². The SMILES string of the molecule is CC/C=C\CCCCOC(CCCCC(=O)OCC(C)COC(=O)OCCCN(CC)CC)OCCCC/C=C\CC. The Balaban J connectivity index is 4.12. The van der Waals surface area contributed by atoms with E-state index in [4.69, 9.17) is 23.7 Å². The summed E-state index contributed by atoms with van der Waals surface area (Å²) in [4.78, 5) is 26.3. The Morgan fingerprint density at radius 1 is 0.667 bits per heavy atom. The number of allylic oxidation sites excluding steroid dienone is 4. The van der Waals surface area contributed by atoms with E-state index in [1.165, 1.54) is 0 Å². The van der Waals surface area contributed by atoms with E-state index in [9.17, 15) is 9.59 Å². The van der Waals surface area contributed by atoms with E-state index < -0.39 is 6.16 Å². The monoisotopic (exact) mass is 597 g/mol. The summed E-state index contributed by atoms with van der Waals surface area (Å²) in [5, 5.41) is 0. The summed E-state index contributed by atoms with van der Waals surface area (Å²) in [7, 11) is 0. The van der Waals surface area contributed by atoms with Crippen molar-refractivity contribution in [3.05, 3.63) is 24.3 Å². The molecule has 0 N–H and O–H groups in total. The third-order valence-electron chi connectivity index (χ3n) is 6.76. The summed E-state index contributed by atoms with van der Waals surface area (Å²) in [6.45, 7) is 15.3. The van der Waals surface area contributed by atoms with Gasteiger partial charge < -0.3 is 28.6 Å². The number of hydrogen-bond donors (Lipinski definition) is 0. The van der Waals surface area contributed by atoms with Gasteiger partial charge in [-0.2, -0.15) is 0 Å². The zero-order valence-corrected chi connectivity index (χ0v) is 27.6. The molecule has 0 bridgehead atoms. The molecular weight excluding hydrogens is 534 g/mol. The molecule has 0 aliphatic heterocycles. The lowest BCUT2D eigenvalue weighted by Gasteiger charge is -2.19. The highest BCUT2D eigenvalue weighted by atomic mass is 16.7. The van der Waals surface area contributed by atoms with E-state index in [0.29, 0.717) is 26.2 Å². The number of carbonyl (C=O) groups excluding carboxylic acids is 2.